The number of alkyl halides is 3. The third kappa shape index (κ3) is 10.4. The van der Waals surface area contributed by atoms with Gasteiger partial charge < -0.3 is 15.4 Å². The van der Waals surface area contributed by atoms with Crippen molar-refractivity contribution in [2.75, 3.05) is 6.54 Å². The summed E-state index contributed by atoms with van der Waals surface area (Å²) in [7, 11) is 0. The summed E-state index contributed by atoms with van der Waals surface area (Å²) in [6.45, 7) is 7.71. The fourth-order valence-electron chi connectivity index (χ4n) is 2.43. The lowest BCUT2D eigenvalue weighted by Crippen LogP contribution is -2.47. The van der Waals surface area contributed by atoms with E-state index in [0.717, 1.165) is 12.8 Å². The molecule has 0 aromatic heterocycles. The zero-order chi connectivity index (χ0) is 17.7. The van der Waals surface area contributed by atoms with Gasteiger partial charge in [0.05, 0.1) is 0 Å². The summed E-state index contributed by atoms with van der Waals surface area (Å²) in [6, 6.07) is 0.0757. The summed E-state index contributed by atoms with van der Waals surface area (Å²) < 4.78 is 41.7. The molecule has 0 aromatic rings. The number of hydrogen-bond donors (Lipinski definition) is 2. The van der Waals surface area contributed by atoms with E-state index in [0.29, 0.717) is 18.9 Å². The standard InChI is InChI=1S/C16H29F3N2O2/c1-11(6-5-9-16(17,18)19)21-13(12-7-8-12)10-20-14(22)23-15(2,3)4/h11-13,21H,5-10H2,1-4H3,(H,20,22). The lowest BCUT2D eigenvalue weighted by molar-refractivity contribution is -0.135. The van der Waals surface area contributed by atoms with Gasteiger partial charge in [0.2, 0.25) is 0 Å². The maximum absolute atomic E-state index is 12.2. The van der Waals surface area contributed by atoms with Gasteiger partial charge in [0.15, 0.2) is 0 Å². The molecule has 7 heteroatoms. The fraction of sp³-hybridized carbons (Fsp3) is 0.938. The van der Waals surface area contributed by atoms with Crippen LogP contribution in [0.25, 0.3) is 0 Å². The van der Waals surface area contributed by atoms with Crippen molar-refractivity contribution in [3.05, 3.63) is 0 Å². The maximum Gasteiger partial charge on any atom is 0.407 e. The molecule has 1 rings (SSSR count). The van der Waals surface area contributed by atoms with Crippen LogP contribution in [-0.2, 0) is 4.74 Å². The number of carbonyl (C=O) groups excluding carboxylic acids is 1. The Kier molecular flexibility index (Phi) is 7.17. The van der Waals surface area contributed by atoms with E-state index in [1.165, 1.54) is 0 Å². The van der Waals surface area contributed by atoms with Gasteiger partial charge in [0, 0.05) is 25.0 Å². The van der Waals surface area contributed by atoms with Gasteiger partial charge >= 0.3 is 12.3 Å². The van der Waals surface area contributed by atoms with Gasteiger partial charge in [0.25, 0.3) is 0 Å². The van der Waals surface area contributed by atoms with Crippen molar-refractivity contribution in [1.29, 1.82) is 0 Å². The molecule has 2 unspecified atom stereocenters. The van der Waals surface area contributed by atoms with Crippen molar-refractivity contribution in [1.82, 2.24) is 10.6 Å². The van der Waals surface area contributed by atoms with Gasteiger partial charge in [-0.15, -0.1) is 0 Å². The molecule has 1 fully saturated rings. The number of carbonyl (C=O) groups is 1. The molecule has 0 radical (unpaired) electrons. The second-order valence-corrected chi connectivity index (χ2v) is 7.40. The van der Waals surface area contributed by atoms with Crippen molar-refractivity contribution in [2.45, 2.75) is 83.7 Å². The Morgan fingerprint density at radius 1 is 1.26 bits per heavy atom. The van der Waals surface area contributed by atoms with E-state index in [-0.39, 0.29) is 18.5 Å². The predicted octanol–water partition coefficient (Wildman–Crippen LogP) is 4.00. The second kappa shape index (κ2) is 8.22. The average molecular weight is 338 g/mol. The van der Waals surface area contributed by atoms with E-state index in [9.17, 15) is 18.0 Å². The highest BCUT2D eigenvalue weighted by atomic mass is 19.4. The molecule has 1 aliphatic carbocycles. The fourth-order valence-corrected chi connectivity index (χ4v) is 2.43. The molecule has 0 bridgehead atoms. The van der Waals surface area contributed by atoms with Gasteiger partial charge in [-0.05, 0) is 59.3 Å². The summed E-state index contributed by atoms with van der Waals surface area (Å²) in [5.74, 6) is 0.481. The number of hydrogen-bond acceptors (Lipinski definition) is 3. The lowest BCUT2D eigenvalue weighted by atomic mass is 10.1. The van der Waals surface area contributed by atoms with Crippen molar-refractivity contribution in [3.8, 4) is 0 Å². The molecule has 0 heterocycles. The molecule has 0 aromatic carbocycles. The van der Waals surface area contributed by atoms with E-state index in [1.54, 1.807) is 20.8 Å². The van der Waals surface area contributed by atoms with E-state index in [1.807, 2.05) is 6.92 Å². The first-order valence-electron chi connectivity index (χ1n) is 8.26. The first-order valence-corrected chi connectivity index (χ1v) is 8.26. The number of alkyl carbamates (subject to hydrolysis) is 1. The molecular formula is C16H29F3N2O2. The Labute approximate surface area is 136 Å². The van der Waals surface area contributed by atoms with Gasteiger partial charge in [-0.3, -0.25) is 0 Å². The van der Waals surface area contributed by atoms with Gasteiger partial charge in [-0.25, -0.2) is 4.79 Å². The van der Waals surface area contributed by atoms with Crippen LogP contribution in [0, 0.1) is 5.92 Å². The monoisotopic (exact) mass is 338 g/mol. The average Bonchev–Trinajstić information content (AvgIpc) is 3.14. The Morgan fingerprint density at radius 2 is 1.87 bits per heavy atom. The molecule has 0 saturated heterocycles. The van der Waals surface area contributed by atoms with E-state index in [4.69, 9.17) is 4.74 Å². The quantitative estimate of drug-likeness (QED) is 0.703. The van der Waals surface area contributed by atoms with Crippen LogP contribution in [0.1, 0.15) is 59.8 Å². The normalized spacial score (nSPS) is 18.4. The molecule has 0 aliphatic heterocycles. The second-order valence-electron chi connectivity index (χ2n) is 7.40. The molecule has 1 amide bonds. The van der Waals surface area contributed by atoms with Crippen molar-refractivity contribution >= 4 is 6.09 Å². The highest BCUT2D eigenvalue weighted by Crippen LogP contribution is 2.33. The van der Waals surface area contributed by atoms with Gasteiger partial charge in [-0.1, -0.05) is 0 Å². The SMILES string of the molecule is CC(CCCC(F)(F)F)NC(CNC(=O)OC(C)(C)C)C1CC1. The lowest BCUT2D eigenvalue weighted by Gasteiger charge is -2.25. The first-order chi connectivity index (χ1) is 10.5. The van der Waals surface area contributed by atoms with Crippen LogP contribution in [0.2, 0.25) is 0 Å². The highest BCUT2D eigenvalue weighted by molar-refractivity contribution is 5.67. The largest absolute Gasteiger partial charge is 0.444 e. The molecule has 1 aliphatic rings. The summed E-state index contributed by atoms with van der Waals surface area (Å²) in [5.41, 5.74) is -0.544. The van der Waals surface area contributed by atoms with E-state index >= 15 is 0 Å². The van der Waals surface area contributed by atoms with Crippen molar-refractivity contribution in [3.63, 3.8) is 0 Å². The molecule has 136 valence electrons. The van der Waals surface area contributed by atoms with E-state index in [2.05, 4.69) is 10.6 Å². The third-order valence-electron chi connectivity index (χ3n) is 3.65. The molecule has 1 saturated carbocycles. The number of amides is 1. The Morgan fingerprint density at radius 3 is 2.35 bits per heavy atom. The minimum atomic E-state index is -4.09. The van der Waals surface area contributed by atoms with E-state index < -0.39 is 24.3 Å². The zero-order valence-electron chi connectivity index (χ0n) is 14.4. The molecular weight excluding hydrogens is 309 g/mol. The van der Waals surface area contributed by atoms with Crippen LogP contribution in [0.3, 0.4) is 0 Å². The van der Waals surface area contributed by atoms with Crippen molar-refractivity contribution in [2.24, 2.45) is 5.92 Å². The van der Waals surface area contributed by atoms with Crippen LogP contribution >= 0.6 is 0 Å². The van der Waals surface area contributed by atoms with Gasteiger partial charge in [-0.2, -0.15) is 13.2 Å². The minimum absolute atomic E-state index is 0.0108. The van der Waals surface area contributed by atoms with Crippen molar-refractivity contribution < 1.29 is 22.7 Å². The molecule has 23 heavy (non-hydrogen) atoms. The maximum atomic E-state index is 12.2. The number of rotatable bonds is 8. The smallest absolute Gasteiger partial charge is 0.407 e. The Balaban J connectivity index is 2.30. The van der Waals surface area contributed by atoms with Crippen LogP contribution in [0.15, 0.2) is 0 Å². The summed E-state index contributed by atoms with van der Waals surface area (Å²) in [6.07, 6.45) is -2.54. The third-order valence-corrected chi connectivity index (χ3v) is 3.65. The molecule has 2 atom stereocenters. The van der Waals surface area contributed by atoms with Gasteiger partial charge in [0.1, 0.15) is 5.60 Å². The Bertz CT molecular complexity index is 377. The van der Waals surface area contributed by atoms with Crippen LogP contribution in [-0.4, -0.2) is 36.5 Å². The molecule has 2 N–H and O–H groups in total. The number of ether oxygens (including phenoxy) is 1. The first kappa shape index (κ1) is 20.1. The summed E-state index contributed by atoms with van der Waals surface area (Å²) >= 11 is 0. The highest BCUT2D eigenvalue weighted by Gasteiger charge is 2.33. The van der Waals surface area contributed by atoms with Crippen LogP contribution in [0.5, 0.6) is 0 Å². The Hall–Kier alpha value is -0.980. The van der Waals surface area contributed by atoms with Crippen LogP contribution < -0.4 is 10.6 Å². The predicted molar refractivity (Wildman–Crippen MR) is 83.3 cm³/mol. The summed E-state index contributed by atoms with van der Waals surface area (Å²) in [4.78, 5) is 11.7. The zero-order valence-corrected chi connectivity index (χ0v) is 14.4. The topological polar surface area (TPSA) is 50.4 Å². The van der Waals surface area contributed by atoms with Crippen LogP contribution in [0.4, 0.5) is 18.0 Å². The number of halogens is 3. The summed E-state index contributed by atoms with van der Waals surface area (Å²) in [5, 5.41) is 6.09. The number of nitrogens with one attached hydrogen (secondary N) is 2. The minimum Gasteiger partial charge on any atom is -0.444 e. The molecule has 4 nitrogen and oxygen atoms in total. The molecule has 0 spiro atoms.